The number of hydrogen-bond acceptors (Lipinski definition) is 2. The Labute approximate surface area is 132 Å². The zero-order chi connectivity index (χ0) is 15.9. The van der Waals surface area contributed by atoms with Crippen molar-refractivity contribution in [3.63, 3.8) is 0 Å². The predicted octanol–water partition coefficient (Wildman–Crippen LogP) is 3.43. The van der Waals surface area contributed by atoms with Crippen LogP contribution in [0.2, 0.25) is 5.02 Å². The summed E-state index contributed by atoms with van der Waals surface area (Å²) in [5.41, 5.74) is 1.04. The highest BCUT2D eigenvalue weighted by molar-refractivity contribution is 6.30. The molecule has 0 aliphatic carbocycles. The monoisotopic (exact) mass is 311 g/mol. The van der Waals surface area contributed by atoms with Crippen molar-refractivity contribution in [2.45, 2.75) is 40.0 Å². The summed E-state index contributed by atoms with van der Waals surface area (Å²) in [5.74, 6) is 0.0174. The van der Waals surface area contributed by atoms with Gasteiger partial charge in [0.15, 0.2) is 0 Å². The fraction of sp³-hybridized carbons (Fsp3) is 0.588. The molecule has 1 atom stereocenters. The lowest BCUT2D eigenvalue weighted by Crippen LogP contribution is -2.31. The number of nitrogens with one attached hydrogen (secondary N) is 1. The maximum absolute atomic E-state index is 12.0. The average molecular weight is 312 g/mol. The van der Waals surface area contributed by atoms with E-state index in [2.05, 4.69) is 5.32 Å². The molecule has 118 valence electrons. The summed E-state index contributed by atoms with van der Waals surface area (Å²) in [6.07, 6.45) is 2.49. The van der Waals surface area contributed by atoms with E-state index in [1.807, 2.05) is 45.0 Å². The molecule has 1 unspecified atom stereocenters. The number of aliphatic hydroxyl groups is 1. The molecular weight excluding hydrogens is 286 g/mol. The van der Waals surface area contributed by atoms with Crippen molar-refractivity contribution in [2.75, 3.05) is 13.2 Å². The van der Waals surface area contributed by atoms with Gasteiger partial charge in [-0.15, -0.1) is 0 Å². The van der Waals surface area contributed by atoms with Crippen molar-refractivity contribution >= 4 is 17.5 Å². The highest BCUT2D eigenvalue weighted by Gasteiger charge is 2.17. The Morgan fingerprint density at radius 2 is 1.95 bits per heavy atom. The lowest BCUT2D eigenvalue weighted by atomic mass is 9.89. The van der Waals surface area contributed by atoms with Crippen molar-refractivity contribution in [1.82, 2.24) is 5.32 Å². The Kier molecular flexibility index (Phi) is 7.20. The Bertz CT molecular complexity index is 443. The molecule has 0 saturated heterocycles. The van der Waals surface area contributed by atoms with Gasteiger partial charge < -0.3 is 10.4 Å². The molecule has 1 rings (SSSR count). The average Bonchev–Trinajstić information content (AvgIpc) is 2.45. The topological polar surface area (TPSA) is 49.3 Å². The molecule has 2 N–H and O–H groups in total. The van der Waals surface area contributed by atoms with Crippen LogP contribution >= 0.6 is 11.6 Å². The fourth-order valence-corrected chi connectivity index (χ4v) is 2.22. The third-order valence-electron chi connectivity index (χ3n) is 3.66. The Hall–Kier alpha value is -1.06. The van der Waals surface area contributed by atoms with Crippen molar-refractivity contribution in [2.24, 2.45) is 11.3 Å². The zero-order valence-electron chi connectivity index (χ0n) is 13.2. The number of rotatable bonds is 8. The molecule has 0 aliphatic rings. The van der Waals surface area contributed by atoms with Crippen LogP contribution < -0.4 is 5.32 Å². The molecule has 0 fully saturated rings. The van der Waals surface area contributed by atoms with E-state index < -0.39 is 0 Å². The first kappa shape index (κ1) is 18.0. The van der Waals surface area contributed by atoms with E-state index in [1.54, 1.807) is 0 Å². The van der Waals surface area contributed by atoms with Gasteiger partial charge in [-0.25, -0.2) is 0 Å². The van der Waals surface area contributed by atoms with Crippen LogP contribution in [-0.2, 0) is 11.2 Å². The molecule has 0 spiro atoms. The third-order valence-corrected chi connectivity index (χ3v) is 3.91. The second-order valence-corrected chi connectivity index (χ2v) is 6.88. The van der Waals surface area contributed by atoms with Gasteiger partial charge >= 0.3 is 0 Å². The number of benzene rings is 1. The molecule has 21 heavy (non-hydrogen) atoms. The summed E-state index contributed by atoms with van der Waals surface area (Å²) in [4.78, 5) is 12.0. The van der Waals surface area contributed by atoms with Gasteiger partial charge in [-0.3, -0.25) is 4.79 Å². The minimum atomic E-state index is -0.0698. The van der Waals surface area contributed by atoms with Gasteiger partial charge in [0.2, 0.25) is 5.91 Å². The molecule has 0 aliphatic heterocycles. The van der Waals surface area contributed by atoms with E-state index in [4.69, 9.17) is 11.6 Å². The van der Waals surface area contributed by atoms with Crippen LogP contribution in [-0.4, -0.2) is 24.2 Å². The highest BCUT2D eigenvalue weighted by atomic mass is 35.5. The molecule has 0 bridgehead atoms. The molecule has 1 aromatic carbocycles. The fourth-order valence-electron chi connectivity index (χ4n) is 2.10. The lowest BCUT2D eigenvalue weighted by Gasteiger charge is -2.21. The number of carbonyl (C=O) groups excluding carboxylic acids is 1. The first-order valence-corrected chi connectivity index (χ1v) is 7.85. The molecule has 0 radical (unpaired) electrons. The molecule has 4 heteroatoms. The minimum Gasteiger partial charge on any atom is -0.396 e. The molecular formula is C17H26ClNO2. The maximum Gasteiger partial charge on any atom is 0.223 e. The predicted molar refractivity (Wildman–Crippen MR) is 87.4 cm³/mol. The van der Waals surface area contributed by atoms with Crippen molar-refractivity contribution in [3.05, 3.63) is 34.9 Å². The summed E-state index contributed by atoms with van der Waals surface area (Å²) < 4.78 is 0. The maximum atomic E-state index is 12.0. The van der Waals surface area contributed by atoms with Crippen molar-refractivity contribution in [3.8, 4) is 0 Å². The smallest absolute Gasteiger partial charge is 0.223 e. The third kappa shape index (κ3) is 6.96. The van der Waals surface area contributed by atoms with E-state index in [-0.39, 0.29) is 23.8 Å². The summed E-state index contributed by atoms with van der Waals surface area (Å²) >= 11 is 5.85. The minimum absolute atomic E-state index is 0.0583. The van der Waals surface area contributed by atoms with Gasteiger partial charge in [-0.2, -0.15) is 0 Å². The number of hydrogen-bond donors (Lipinski definition) is 2. The number of aliphatic hydroxyl groups excluding tert-OH is 1. The highest BCUT2D eigenvalue weighted by Crippen LogP contribution is 2.20. The van der Waals surface area contributed by atoms with Gasteiger partial charge in [0.1, 0.15) is 0 Å². The van der Waals surface area contributed by atoms with Gasteiger partial charge in [-0.05, 0) is 42.4 Å². The quantitative estimate of drug-likeness (QED) is 0.723. The van der Waals surface area contributed by atoms with Crippen molar-refractivity contribution < 1.29 is 9.90 Å². The number of amides is 1. The normalized spacial score (nSPS) is 13.0. The SMILES string of the molecule is CC(Cc1ccc(Cl)cc1)C(=O)NCCCC(C)(C)CO. The largest absolute Gasteiger partial charge is 0.396 e. The number of halogens is 1. The van der Waals surface area contributed by atoms with E-state index >= 15 is 0 Å². The van der Waals surface area contributed by atoms with Crippen LogP contribution in [0.1, 0.15) is 39.2 Å². The van der Waals surface area contributed by atoms with Crippen LogP contribution in [0.25, 0.3) is 0 Å². The molecule has 0 saturated carbocycles. The summed E-state index contributed by atoms with van der Waals surface area (Å²) in [6, 6.07) is 7.60. The van der Waals surface area contributed by atoms with Gasteiger partial charge in [0.05, 0.1) is 0 Å². The molecule has 0 heterocycles. The lowest BCUT2D eigenvalue weighted by molar-refractivity contribution is -0.124. The molecule has 1 amide bonds. The summed E-state index contributed by atoms with van der Waals surface area (Å²) in [5, 5.41) is 12.9. The van der Waals surface area contributed by atoms with Crippen molar-refractivity contribution in [1.29, 1.82) is 0 Å². The molecule has 1 aromatic rings. The van der Waals surface area contributed by atoms with Crippen LogP contribution in [0, 0.1) is 11.3 Å². The van der Waals surface area contributed by atoms with Gasteiger partial charge in [-0.1, -0.05) is 44.5 Å². The van der Waals surface area contributed by atoms with Crippen LogP contribution in [0.3, 0.4) is 0 Å². The van der Waals surface area contributed by atoms with Gasteiger partial charge in [0.25, 0.3) is 0 Å². The van der Waals surface area contributed by atoms with E-state index in [9.17, 15) is 9.90 Å². The van der Waals surface area contributed by atoms with Gasteiger partial charge in [0, 0.05) is 24.1 Å². The van der Waals surface area contributed by atoms with E-state index in [0.717, 1.165) is 18.4 Å². The first-order chi connectivity index (χ1) is 9.84. The molecule has 0 aromatic heterocycles. The second-order valence-electron chi connectivity index (χ2n) is 6.45. The second kappa shape index (κ2) is 8.40. The van der Waals surface area contributed by atoms with E-state index in [1.165, 1.54) is 0 Å². The molecule has 3 nitrogen and oxygen atoms in total. The summed E-state index contributed by atoms with van der Waals surface area (Å²) in [7, 11) is 0. The van der Waals surface area contributed by atoms with E-state index in [0.29, 0.717) is 18.0 Å². The Morgan fingerprint density at radius 1 is 1.33 bits per heavy atom. The van der Waals surface area contributed by atoms with Crippen LogP contribution in [0.15, 0.2) is 24.3 Å². The van der Waals surface area contributed by atoms with Crippen LogP contribution in [0.5, 0.6) is 0 Å². The standard InChI is InChI=1S/C17H26ClNO2/c1-13(11-14-5-7-15(18)8-6-14)16(21)19-10-4-9-17(2,3)12-20/h5-8,13,20H,4,9-12H2,1-3H3,(H,19,21). The van der Waals surface area contributed by atoms with Crippen LogP contribution in [0.4, 0.5) is 0 Å². The number of carbonyl (C=O) groups is 1. The Morgan fingerprint density at radius 3 is 2.52 bits per heavy atom. The Balaban J connectivity index is 2.30. The summed E-state index contributed by atoms with van der Waals surface area (Å²) in [6.45, 7) is 6.82. The zero-order valence-corrected chi connectivity index (χ0v) is 13.9. The first-order valence-electron chi connectivity index (χ1n) is 7.47.